The van der Waals surface area contributed by atoms with E-state index >= 15 is 0 Å². The Morgan fingerprint density at radius 2 is 1.85 bits per heavy atom. The van der Waals surface area contributed by atoms with E-state index in [-0.39, 0.29) is 0 Å². The van der Waals surface area contributed by atoms with E-state index in [9.17, 15) is 0 Å². The molecule has 0 heterocycles. The molecule has 0 atom stereocenters. The van der Waals surface area contributed by atoms with Crippen molar-refractivity contribution in [2.24, 2.45) is 0 Å². The maximum absolute atomic E-state index is 3.21. The fourth-order valence-electron chi connectivity index (χ4n) is 1.11. The van der Waals surface area contributed by atoms with Crippen molar-refractivity contribution >= 4 is 15.9 Å². The summed E-state index contributed by atoms with van der Waals surface area (Å²) in [7, 11) is 0. The van der Waals surface area contributed by atoms with Crippen molar-refractivity contribution in [1.29, 1.82) is 0 Å². The van der Waals surface area contributed by atoms with Gasteiger partial charge in [-0.25, -0.2) is 0 Å². The number of hydrogen-bond donors (Lipinski definition) is 0. The van der Waals surface area contributed by atoms with Crippen molar-refractivity contribution in [3.05, 3.63) is 59.1 Å². The van der Waals surface area contributed by atoms with Gasteiger partial charge in [-0.1, -0.05) is 64.5 Å². The van der Waals surface area contributed by atoms with Gasteiger partial charge in [-0.3, -0.25) is 0 Å². The Balaban J connectivity index is 2.28. The van der Waals surface area contributed by atoms with Crippen LogP contribution < -0.4 is 0 Å². The highest BCUT2D eigenvalue weighted by atomic mass is 79.9. The summed E-state index contributed by atoms with van der Waals surface area (Å²) in [6.45, 7) is 0. The van der Waals surface area contributed by atoms with Crippen LogP contribution in [0.4, 0.5) is 0 Å². The standard InChI is InChI=1S/C12H13Br/c13-11-7-2-1-4-8-12-9-5-3-6-10-12/h1-3,5-7,9-11H,4,8H2/b2-1+,11-7-. The third-order valence-electron chi connectivity index (χ3n) is 1.76. The molecule has 0 saturated heterocycles. The summed E-state index contributed by atoms with van der Waals surface area (Å²) in [5.74, 6) is 0. The van der Waals surface area contributed by atoms with Gasteiger partial charge in [0.25, 0.3) is 0 Å². The molecule has 0 unspecified atom stereocenters. The minimum atomic E-state index is 1.10. The largest absolute Gasteiger partial charge is 0.0842 e. The Bertz CT molecular complexity index is 272. The molecule has 0 nitrogen and oxygen atoms in total. The summed E-state index contributed by atoms with van der Waals surface area (Å²) in [4.78, 5) is 1.85. The summed E-state index contributed by atoms with van der Waals surface area (Å²) >= 11 is 3.21. The lowest BCUT2D eigenvalue weighted by Gasteiger charge is -1.95. The highest BCUT2D eigenvalue weighted by molar-refractivity contribution is 9.11. The van der Waals surface area contributed by atoms with Gasteiger partial charge in [0, 0.05) is 0 Å². The van der Waals surface area contributed by atoms with E-state index in [1.54, 1.807) is 0 Å². The van der Waals surface area contributed by atoms with Crippen molar-refractivity contribution in [3.63, 3.8) is 0 Å². The molecule has 0 N–H and O–H groups in total. The van der Waals surface area contributed by atoms with Crippen LogP contribution >= 0.6 is 15.9 Å². The van der Waals surface area contributed by atoms with Crippen molar-refractivity contribution in [1.82, 2.24) is 0 Å². The van der Waals surface area contributed by atoms with E-state index in [0.717, 1.165) is 12.8 Å². The molecule has 13 heavy (non-hydrogen) atoms. The van der Waals surface area contributed by atoms with E-state index in [4.69, 9.17) is 0 Å². The van der Waals surface area contributed by atoms with Crippen molar-refractivity contribution in [3.8, 4) is 0 Å². The maximum atomic E-state index is 3.21. The molecule has 0 saturated carbocycles. The first kappa shape index (κ1) is 10.3. The van der Waals surface area contributed by atoms with Crippen LogP contribution in [-0.4, -0.2) is 0 Å². The smallest absolute Gasteiger partial charge is 0.0189 e. The molecule has 0 aliphatic heterocycles. The molecule has 68 valence electrons. The Kier molecular flexibility index (Phi) is 5.27. The van der Waals surface area contributed by atoms with E-state index in [1.165, 1.54) is 5.56 Å². The highest BCUT2D eigenvalue weighted by Gasteiger charge is 1.86. The first-order valence-electron chi connectivity index (χ1n) is 4.39. The van der Waals surface area contributed by atoms with Crippen molar-refractivity contribution in [2.75, 3.05) is 0 Å². The van der Waals surface area contributed by atoms with Crippen LogP contribution in [0.5, 0.6) is 0 Å². The second-order valence-electron chi connectivity index (χ2n) is 2.77. The van der Waals surface area contributed by atoms with E-state index < -0.39 is 0 Å². The predicted molar refractivity (Wildman–Crippen MR) is 62.0 cm³/mol. The first-order chi connectivity index (χ1) is 6.43. The Morgan fingerprint density at radius 3 is 2.54 bits per heavy atom. The third-order valence-corrected chi connectivity index (χ3v) is 2.07. The zero-order chi connectivity index (χ0) is 9.36. The van der Waals surface area contributed by atoms with Crippen LogP contribution in [0.15, 0.2) is 53.5 Å². The third kappa shape index (κ3) is 4.69. The van der Waals surface area contributed by atoms with Gasteiger partial charge in [0.05, 0.1) is 0 Å². The van der Waals surface area contributed by atoms with Gasteiger partial charge in [-0.05, 0) is 23.4 Å². The zero-order valence-electron chi connectivity index (χ0n) is 7.49. The van der Waals surface area contributed by atoms with Gasteiger partial charge in [-0.2, -0.15) is 0 Å². The molecule has 1 aromatic rings. The minimum Gasteiger partial charge on any atom is -0.0842 e. The summed E-state index contributed by atoms with van der Waals surface area (Å²) in [5, 5.41) is 0. The molecule has 1 rings (SSSR count). The molecule has 0 bridgehead atoms. The predicted octanol–water partition coefficient (Wildman–Crippen LogP) is 4.08. The molecule has 1 aromatic carbocycles. The van der Waals surface area contributed by atoms with E-state index in [2.05, 4.69) is 52.3 Å². The van der Waals surface area contributed by atoms with Gasteiger partial charge in [0.15, 0.2) is 0 Å². The number of allylic oxidation sites excluding steroid dienone is 3. The number of benzene rings is 1. The SMILES string of the molecule is Br/C=C\C=C\CCc1ccccc1. The Morgan fingerprint density at radius 1 is 1.08 bits per heavy atom. The van der Waals surface area contributed by atoms with Crippen LogP contribution in [0.25, 0.3) is 0 Å². The average molecular weight is 237 g/mol. The van der Waals surface area contributed by atoms with Crippen LogP contribution in [0.2, 0.25) is 0 Å². The van der Waals surface area contributed by atoms with Gasteiger partial charge in [0.2, 0.25) is 0 Å². The van der Waals surface area contributed by atoms with E-state index in [0.29, 0.717) is 0 Å². The molecular formula is C12H13Br. The molecular weight excluding hydrogens is 224 g/mol. The highest BCUT2D eigenvalue weighted by Crippen LogP contribution is 2.02. The molecule has 0 aromatic heterocycles. The lowest BCUT2D eigenvalue weighted by atomic mass is 10.1. The summed E-state index contributed by atoms with van der Waals surface area (Å²) in [6, 6.07) is 10.5. The second-order valence-corrected chi connectivity index (χ2v) is 3.30. The number of rotatable bonds is 4. The maximum Gasteiger partial charge on any atom is -0.0189 e. The Labute approximate surface area is 88.1 Å². The normalized spacial score (nSPS) is 11.5. The van der Waals surface area contributed by atoms with Crippen LogP contribution in [-0.2, 0) is 6.42 Å². The lowest BCUT2D eigenvalue weighted by Crippen LogP contribution is -1.80. The lowest BCUT2D eigenvalue weighted by molar-refractivity contribution is 1.00. The zero-order valence-corrected chi connectivity index (χ0v) is 9.07. The fraction of sp³-hybridized carbons (Fsp3) is 0.167. The molecule has 0 aliphatic rings. The van der Waals surface area contributed by atoms with Gasteiger partial charge < -0.3 is 0 Å². The molecule has 0 amide bonds. The summed E-state index contributed by atoms with van der Waals surface area (Å²) < 4.78 is 0. The average Bonchev–Trinajstić information content (AvgIpc) is 2.19. The molecule has 1 heteroatoms. The van der Waals surface area contributed by atoms with Crippen molar-refractivity contribution < 1.29 is 0 Å². The minimum absolute atomic E-state index is 1.10. The van der Waals surface area contributed by atoms with Gasteiger partial charge >= 0.3 is 0 Å². The quantitative estimate of drug-likeness (QED) is 0.692. The van der Waals surface area contributed by atoms with Crippen molar-refractivity contribution in [2.45, 2.75) is 12.8 Å². The monoisotopic (exact) mass is 236 g/mol. The fourth-order valence-corrected chi connectivity index (χ4v) is 1.29. The molecule has 0 radical (unpaired) electrons. The van der Waals surface area contributed by atoms with Gasteiger partial charge in [0.1, 0.15) is 0 Å². The summed E-state index contributed by atoms with van der Waals surface area (Å²) in [5.41, 5.74) is 1.40. The van der Waals surface area contributed by atoms with Gasteiger partial charge in [-0.15, -0.1) is 0 Å². The number of halogens is 1. The molecule has 0 fully saturated rings. The second kappa shape index (κ2) is 6.67. The topological polar surface area (TPSA) is 0 Å². The van der Waals surface area contributed by atoms with E-state index in [1.807, 2.05) is 17.1 Å². The number of aryl methyl sites for hydroxylation is 1. The van der Waals surface area contributed by atoms with Crippen LogP contribution in [0.1, 0.15) is 12.0 Å². The molecule has 0 spiro atoms. The first-order valence-corrected chi connectivity index (χ1v) is 5.31. The van der Waals surface area contributed by atoms with Crippen LogP contribution in [0, 0.1) is 0 Å². The van der Waals surface area contributed by atoms with Crippen LogP contribution in [0.3, 0.4) is 0 Å². The molecule has 0 aliphatic carbocycles. The summed E-state index contributed by atoms with van der Waals surface area (Å²) in [6.07, 6.45) is 8.42. The number of hydrogen-bond acceptors (Lipinski definition) is 0. The Hall–Kier alpha value is -0.820.